The summed E-state index contributed by atoms with van der Waals surface area (Å²) in [5.41, 5.74) is 0.896. The molecule has 0 fully saturated rings. The lowest BCUT2D eigenvalue weighted by molar-refractivity contribution is 0.0155. The van der Waals surface area contributed by atoms with Gasteiger partial charge in [0.1, 0.15) is 17.4 Å². The minimum atomic E-state index is -3.36. The standard InChI is InChI=1S/C16H9F2NO2/c17-16(18,11-9-20-13-7-3-1-5-10(11)13)15-19-12-6-2-4-8-14(12)21-15/h1-9H. The fourth-order valence-electron chi connectivity index (χ4n) is 2.34. The molecular formula is C16H9F2NO2. The van der Waals surface area contributed by atoms with E-state index < -0.39 is 11.8 Å². The van der Waals surface area contributed by atoms with Crippen LogP contribution in [0, 0.1) is 0 Å². The number of furan rings is 1. The molecule has 104 valence electrons. The van der Waals surface area contributed by atoms with Gasteiger partial charge in [0, 0.05) is 5.39 Å². The molecule has 0 aliphatic rings. The van der Waals surface area contributed by atoms with Crippen molar-refractivity contribution in [3.05, 3.63) is 66.2 Å². The molecule has 0 radical (unpaired) electrons. The largest absolute Gasteiger partial charge is 0.464 e. The van der Waals surface area contributed by atoms with E-state index in [1.54, 1.807) is 48.5 Å². The summed E-state index contributed by atoms with van der Waals surface area (Å²) in [5, 5.41) is 0.352. The van der Waals surface area contributed by atoms with Crippen LogP contribution in [0.3, 0.4) is 0 Å². The van der Waals surface area contributed by atoms with Gasteiger partial charge in [0.15, 0.2) is 5.58 Å². The third-order valence-corrected chi connectivity index (χ3v) is 3.38. The Morgan fingerprint density at radius 3 is 2.43 bits per heavy atom. The Hall–Kier alpha value is -2.69. The first kappa shape index (κ1) is 12.1. The molecule has 5 heteroatoms. The Morgan fingerprint density at radius 2 is 1.62 bits per heavy atom. The molecule has 2 aromatic heterocycles. The number of aromatic nitrogens is 1. The molecule has 0 N–H and O–H groups in total. The lowest BCUT2D eigenvalue weighted by Gasteiger charge is -2.10. The topological polar surface area (TPSA) is 39.2 Å². The highest BCUT2D eigenvalue weighted by Gasteiger charge is 2.42. The van der Waals surface area contributed by atoms with Gasteiger partial charge in [0.05, 0.1) is 5.56 Å². The van der Waals surface area contributed by atoms with Crippen LogP contribution in [0.1, 0.15) is 11.5 Å². The highest BCUT2D eigenvalue weighted by atomic mass is 19.3. The number of para-hydroxylation sites is 3. The maximum absolute atomic E-state index is 14.7. The van der Waals surface area contributed by atoms with Gasteiger partial charge in [-0.2, -0.15) is 8.78 Å². The lowest BCUT2D eigenvalue weighted by Crippen LogP contribution is -2.15. The summed E-state index contributed by atoms with van der Waals surface area (Å²) >= 11 is 0. The average Bonchev–Trinajstić information content (AvgIpc) is 3.11. The summed E-state index contributed by atoms with van der Waals surface area (Å²) in [6.45, 7) is 0. The van der Waals surface area contributed by atoms with Crippen molar-refractivity contribution in [3.8, 4) is 0 Å². The van der Waals surface area contributed by atoms with Gasteiger partial charge >= 0.3 is 5.92 Å². The van der Waals surface area contributed by atoms with Crippen molar-refractivity contribution in [3.63, 3.8) is 0 Å². The van der Waals surface area contributed by atoms with Crippen LogP contribution >= 0.6 is 0 Å². The Balaban J connectivity index is 1.92. The quantitative estimate of drug-likeness (QED) is 0.535. The van der Waals surface area contributed by atoms with Crippen molar-refractivity contribution >= 4 is 22.1 Å². The zero-order valence-corrected chi connectivity index (χ0v) is 10.7. The van der Waals surface area contributed by atoms with Crippen LogP contribution in [-0.2, 0) is 5.92 Å². The van der Waals surface area contributed by atoms with Crippen molar-refractivity contribution in [1.82, 2.24) is 4.98 Å². The molecule has 0 spiro atoms. The number of nitrogens with zero attached hydrogens (tertiary/aromatic N) is 1. The maximum atomic E-state index is 14.7. The second-order valence-electron chi connectivity index (χ2n) is 4.71. The Kier molecular flexibility index (Phi) is 2.39. The number of rotatable bonds is 2. The van der Waals surface area contributed by atoms with Crippen molar-refractivity contribution in [1.29, 1.82) is 0 Å². The van der Waals surface area contributed by atoms with Crippen LogP contribution in [0.2, 0.25) is 0 Å². The molecule has 0 unspecified atom stereocenters. The van der Waals surface area contributed by atoms with Gasteiger partial charge in [-0.15, -0.1) is 0 Å². The fourth-order valence-corrected chi connectivity index (χ4v) is 2.34. The van der Waals surface area contributed by atoms with E-state index in [1.165, 1.54) is 0 Å². The molecule has 0 saturated heterocycles. The molecule has 0 aliphatic heterocycles. The molecule has 2 heterocycles. The van der Waals surface area contributed by atoms with E-state index in [2.05, 4.69) is 4.98 Å². The van der Waals surface area contributed by atoms with E-state index in [0.717, 1.165) is 6.26 Å². The summed E-state index contributed by atoms with van der Waals surface area (Å²) < 4.78 is 39.7. The molecule has 21 heavy (non-hydrogen) atoms. The van der Waals surface area contributed by atoms with Crippen LogP contribution in [0.5, 0.6) is 0 Å². The molecule has 0 amide bonds. The zero-order valence-electron chi connectivity index (χ0n) is 10.7. The van der Waals surface area contributed by atoms with Gasteiger partial charge < -0.3 is 8.83 Å². The molecule has 2 aromatic carbocycles. The number of benzene rings is 2. The first-order valence-electron chi connectivity index (χ1n) is 6.37. The predicted molar refractivity (Wildman–Crippen MR) is 73.2 cm³/mol. The van der Waals surface area contributed by atoms with Crippen LogP contribution in [0.4, 0.5) is 8.78 Å². The second kappa shape index (κ2) is 4.15. The third kappa shape index (κ3) is 1.74. The molecule has 4 aromatic rings. The van der Waals surface area contributed by atoms with Crippen molar-refractivity contribution in [2.45, 2.75) is 5.92 Å². The first-order valence-corrected chi connectivity index (χ1v) is 6.37. The van der Waals surface area contributed by atoms with Gasteiger partial charge in [0.2, 0.25) is 0 Å². The van der Waals surface area contributed by atoms with Gasteiger partial charge in [0.25, 0.3) is 5.89 Å². The minimum Gasteiger partial charge on any atom is -0.464 e. The first-order chi connectivity index (χ1) is 10.2. The van der Waals surface area contributed by atoms with E-state index in [9.17, 15) is 8.78 Å². The van der Waals surface area contributed by atoms with E-state index in [1.807, 2.05) is 0 Å². The van der Waals surface area contributed by atoms with Gasteiger partial charge in [-0.1, -0.05) is 30.3 Å². The minimum absolute atomic E-state index is 0.246. The van der Waals surface area contributed by atoms with Crippen LogP contribution in [0.25, 0.3) is 22.1 Å². The number of fused-ring (bicyclic) bond motifs is 2. The summed E-state index contributed by atoms with van der Waals surface area (Å²) in [5.74, 6) is -3.98. The van der Waals surface area contributed by atoms with Crippen LogP contribution in [-0.4, -0.2) is 4.98 Å². The third-order valence-electron chi connectivity index (χ3n) is 3.38. The Bertz CT molecular complexity index is 906. The number of oxazole rings is 1. The molecule has 0 atom stereocenters. The Morgan fingerprint density at radius 1 is 0.905 bits per heavy atom. The summed E-state index contributed by atoms with van der Waals surface area (Å²) in [6.07, 6.45) is 1.06. The van der Waals surface area contributed by atoms with E-state index in [4.69, 9.17) is 8.83 Å². The van der Waals surface area contributed by atoms with Crippen LogP contribution < -0.4 is 0 Å². The highest BCUT2D eigenvalue weighted by Crippen LogP contribution is 2.40. The van der Waals surface area contributed by atoms with E-state index in [-0.39, 0.29) is 5.56 Å². The van der Waals surface area contributed by atoms with Gasteiger partial charge in [-0.05, 0) is 18.2 Å². The summed E-state index contributed by atoms with van der Waals surface area (Å²) in [4.78, 5) is 3.89. The lowest BCUT2D eigenvalue weighted by atomic mass is 10.1. The highest BCUT2D eigenvalue weighted by molar-refractivity contribution is 5.82. The van der Waals surface area contributed by atoms with E-state index in [0.29, 0.717) is 22.1 Å². The maximum Gasteiger partial charge on any atom is 0.351 e. The van der Waals surface area contributed by atoms with Crippen LogP contribution in [0.15, 0.2) is 63.6 Å². The summed E-state index contributed by atoms with van der Waals surface area (Å²) in [6, 6.07) is 13.3. The number of halogens is 2. The monoisotopic (exact) mass is 285 g/mol. The average molecular weight is 285 g/mol. The zero-order chi connectivity index (χ0) is 14.4. The fraction of sp³-hybridized carbons (Fsp3) is 0.0625. The SMILES string of the molecule is FC(F)(c1nc2ccccc2o1)c1coc2ccccc12. The Labute approximate surface area is 117 Å². The van der Waals surface area contributed by atoms with Gasteiger partial charge in [-0.25, -0.2) is 4.98 Å². The molecule has 0 saturated carbocycles. The molecule has 0 bridgehead atoms. The van der Waals surface area contributed by atoms with Crippen molar-refractivity contribution < 1.29 is 17.6 Å². The summed E-state index contributed by atoms with van der Waals surface area (Å²) in [7, 11) is 0. The van der Waals surface area contributed by atoms with Crippen molar-refractivity contribution in [2.75, 3.05) is 0 Å². The second-order valence-corrected chi connectivity index (χ2v) is 4.71. The predicted octanol–water partition coefficient (Wildman–Crippen LogP) is 4.71. The van der Waals surface area contributed by atoms with Crippen molar-refractivity contribution in [2.24, 2.45) is 0 Å². The number of hydrogen-bond donors (Lipinski definition) is 0. The molecule has 4 rings (SSSR count). The smallest absolute Gasteiger partial charge is 0.351 e. The van der Waals surface area contributed by atoms with Gasteiger partial charge in [-0.3, -0.25) is 0 Å². The molecule has 3 nitrogen and oxygen atoms in total. The molecule has 0 aliphatic carbocycles. The number of alkyl halides is 2. The molecular weight excluding hydrogens is 276 g/mol. The number of hydrogen-bond acceptors (Lipinski definition) is 3. The normalized spacial score (nSPS) is 12.3. The van der Waals surface area contributed by atoms with E-state index >= 15 is 0 Å².